The molecule has 5 nitrogen and oxygen atoms in total. The molecule has 0 spiro atoms. The van der Waals surface area contributed by atoms with Gasteiger partial charge in [-0.05, 0) is 37.1 Å². The molecule has 1 aromatic carbocycles. The number of carbonyl (C=O) groups is 1. The van der Waals surface area contributed by atoms with Crippen molar-refractivity contribution < 1.29 is 23.7 Å². The Bertz CT molecular complexity index is 548. The monoisotopic (exact) mass is 348 g/mol. The summed E-state index contributed by atoms with van der Waals surface area (Å²) >= 11 is 0. The molecule has 138 valence electrons. The van der Waals surface area contributed by atoms with Crippen molar-refractivity contribution in [2.45, 2.75) is 39.4 Å². The summed E-state index contributed by atoms with van der Waals surface area (Å²) in [5.41, 5.74) is 0.951. The second-order valence-corrected chi connectivity index (χ2v) is 5.37. The molecule has 0 aromatic heterocycles. The highest BCUT2D eigenvalue weighted by Gasteiger charge is 2.16. The van der Waals surface area contributed by atoms with Crippen LogP contribution in [-0.4, -0.2) is 32.4 Å². The molecule has 0 bridgehead atoms. The Hall–Kier alpha value is -2.27. The minimum Gasteiger partial charge on any atom is -0.497 e. The molecule has 0 aliphatic rings. The summed E-state index contributed by atoms with van der Waals surface area (Å²) in [6.07, 6.45) is 5.08. The van der Waals surface area contributed by atoms with E-state index in [4.69, 9.17) is 18.9 Å². The van der Waals surface area contributed by atoms with Gasteiger partial charge in [0.05, 0.1) is 20.3 Å². The zero-order valence-electron chi connectivity index (χ0n) is 15.3. The Kier molecular flexibility index (Phi) is 10.1. The first kappa shape index (κ1) is 20.8. The third-order valence-electron chi connectivity index (χ3n) is 3.32. The van der Waals surface area contributed by atoms with Crippen molar-refractivity contribution in [3.8, 4) is 5.75 Å². The molecule has 25 heavy (non-hydrogen) atoms. The predicted octanol–water partition coefficient (Wildman–Crippen LogP) is 4.03. The topological polar surface area (TPSA) is 54.0 Å². The normalized spacial score (nSPS) is 12.0. The second-order valence-electron chi connectivity index (χ2n) is 5.37. The van der Waals surface area contributed by atoms with Crippen LogP contribution < -0.4 is 4.74 Å². The Morgan fingerprint density at radius 2 is 1.96 bits per heavy atom. The summed E-state index contributed by atoms with van der Waals surface area (Å²) in [6.45, 7) is 8.42. The number of hydrogen-bond donors (Lipinski definition) is 0. The fraction of sp³-hybridized carbons (Fsp3) is 0.450. The maximum Gasteiger partial charge on any atom is 0.333 e. The molecule has 0 aliphatic heterocycles. The number of allylic oxidation sites excluding steroid dienone is 1. The Morgan fingerprint density at radius 3 is 2.56 bits per heavy atom. The van der Waals surface area contributed by atoms with E-state index in [9.17, 15) is 4.79 Å². The van der Waals surface area contributed by atoms with E-state index in [1.165, 1.54) is 0 Å². The number of carbonyl (C=O) groups excluding carboxylic acids is 1. The molecule has 5 heteroatoms. The van der Waals surface area contributed by atoms with Crippen LogP contribution in [0.4, 0.5) is 0 Å². The zero-order valence-corrected chi connectivity index (χ0v) is 15.3. The first-order chi connectivity index (χ1) is 12.1. The molecule has 1 atom stereocenters. The maximum absolute atomic E-state index is 12.0. The first-order valence-electron chi connectivity index (χ1n) is 8.49. The number of methoxy groups -OCH3 is 1. The highest BCUT2D eigenvalue weighted by molar-refractivity contribution is 5.71. The molecule has 0 aliphatic carbocycles. The van der Waals surface area contributed by atoms with Gasteiger partial charge in [0.25, 0.3) is 0 Å². The van der Waals surface area contributed by atoms with Crippen LogP contribution in [0.1, 0.15) is 32.3 Å². The summed E-state index contributed by atoms with van der Waals surface area (Å²) < 4.78 is 21.3. The number of esters is 1. The molecule has 0 heterocycles. The van der Waals surface area contributed by atoms with Gasteiger partial charge < -0.3 is 18.9 Å². The molecule has 0 radical (unpaired) electrons. The van der Waals surface area contributed by atoms with E-state index in [1.54, 1.807) is 13.2 Å². The van der Waals surface area contributed by atoms with Crippen LogP contribution in [0, 0.1) is 0 Å². The highest BCUT2D eigenvalue weighted by atomic mass is 16.6. The summed E-state index contributed by atoms with van der Waals surface area (Å²) in [7, 11) is 1.61. The summed E-state index contributed by atoms with van der Waals surface area (Å²) in [6, 6.07) is 7.46. The second kappa shape index (κ2) is 12.1. The van der Waals surface area contributed by atoms with Crippen LogP contribution in [0.25, 0.3) is 0 Å². The summed E-state index contributed by atoms with van der Waals surface area (Å²) in [5, 5.41) is 0. The van der Waals surface area contributed by atoms with Gasteiger partial charge >= 0.3 is 5.97 Å². The fourth-order valence-electron chi connectivity index (χ4n) is 2.02. The quantitative estimate of drug-likeness (QED) is 0.324. The van der Waals surface area contributed by atoms with Crippen molar-refractivity contribution >= 4 is 5.97 Å². The molecule has 0 amide bonds. The number of hydrogen-bond acceptors (Lipinski definition) is 5. The van der Waals surface area contributed by atoms with Crippen LogP contribution >= 0.6 is 0 Å². The third kappa shape index (κ3) is 8.40. The molecule has 0 N–H and O–H groups in total. The largest absolute Gasteiger partial charge is 0.497 e. The fourth-order valence-corrected chi connectivity index (χ4v) is 2.02. The van der Waals surface area contributed by atoms with E-state index in [2.05, 4.69) is 13.5 Å². The average Bonchev–Trinajstić information content (AvgIpc) is 2.62. The lowest BCUT2D eigenvalue weighted by molar-refractivity contribution is -0.152. The van der Waals surface area contributed by atoms with Crippen LogP contribution in [0.5, 0.6) is 5.75 Å². The van der Waals surface area contributed by atoms with E-state index in [0.717, 1.165) is 24.2 Å². The maximum atomic E-state index is 12.0. The molecular formula is C20H28O5. The van der Waals surface area contributed by atoms with Crippen LogP contribution in [-0.2, 0) is 25.6 Å². The Morgan fingerprint density at radius 1 is 1.24 bits per heavy atom. The minimum absolute atomic E-state index is 0.135. The van der Waals surface area contributed by atoms with Gasteiger partial charge in [-0.25, -0.2) is 4.79 Å². The number of unbranched alkanes of at least 4 members (excludes halogenated alkanes) is 1. The molecule has 1 unspecified atom stereocenters. The predicted molar refractivity (Wildman–Crippen MR) is 97.3 cm³/mol. The van der Waals surface area contributed by atoms with E-state index in [1.807, 2.05) is 37.3 Å². The number of benzene rings is 1. The average molecular weight is 348 g/mol. The molecule has 1 rings (SSSR count). The first-order valence-corrected chi connectivity index (χ1v) is 8.49. The van der Waals surface area contributed by atoms with Crippen molar-refractivity contribution in [3.05, 3.63) is 54.3 Å². The van der Waals surface area contributed by atoms with Gasteiger partial charge in [0, 0.05) is 0 Å². The van der Waals surface area contributed by atoms with Crippen LogP contribution in [0.2, 0.25) is 0 Å². The van der Waals surface area contributed by atoms with Gasteiger partial charge in [0.15, 0.2) is 6.10 Å². The van der Waals surface area contributed by atoms with Crippen molar-refractivity contribution in [1.29, 1.82) is 0 Å². The van der Waals surface area contributed by atoms with Crippen molar-refractivity contribution in [1.82, 2.24) is 0 Å². The Balaban J connectivity index is 2.45. The van der Waals surface area contributed by atoms with Gasteiger partial charge in [0.1, 0.15) is 18.1 Å². The smallest absolute Gasteiger partial charge is 0.333 e. The highest BCUT2D eigenvalue weighted by Crippen LogP contribution is 2.13. The van der Waals surface area contributed by atoms with Crippen molar-refractivity contribution in [2.75, 3.05) is 20.3 Å². The Labute approximate surface area is 150 Å². The molecular weight excluding hydrogens is 320 g/mol. The van der Waals surface area contributed by atoms with Crippen molar-refractivity contribution in [2.24, 2.45) is 0 Å². The molecule has 0 saturated heterocycles. The number of rotatable bonds is 12. The standard InChI is InChI=1S/C20H28O5/c1-5-7-8-9-19(16(3)24-6-2)25-20(21)15-23-14-17-10-12-18(22-4)13-11-17/h8-13,19H,3,5-7,14-15H2,1-2,4H3/b9-8+. The third-order valence-corrected chi connectivity index (χ3v) is 3.32. The minimum atomic E-state index is -0.594. The summed E-state index contributed by atoms with van der Waals surface area (Å²) in [4.78, 5) is 12.0. The lowest BCUT2D eigenvalue weighted by atomic mass is 10.2. The van der Waals surface area contributed by atoms with E-state index < -0.39 is 12.1 Å². The molecule has 1 aromatic rings. The van der Waals surface area contributed by atoms with E-state index >= 15 is 0 Å². The zero-order chi connectivity index (χ0) is 18.5. The molecule has 0 fully saturated rings. The van der Waals surface area contributed by atoms with Gasteiger partial charge in [-0.3, -0.25) is 0 Å². The lowest BCUT2D eigenvalue weighted by Crippen LogP contribution is -2.22. The van der Waals surface area contributed by atoms with Crippen molar-refractivity contribution in [3.63, 3.8) is 0 Å². The van der Waals surface area contributed by atoms with Crippen LogP contribution in [0.15, 0.2) is 48.8 Å². The number of ether oxygens (including phenoxy) is 4. The van der Waals surface area contributed by atoms with E-state index in [0.29, 0.717) is 19.0 Å². The van der Waals surface area contributed by atoms with E-state index in [-0.39, 0.29) is 6.61 Å². The van der Waals surface area contributed by atoms with Gasteiger partial charge in [-0.1, -0.05) is 38.1 Å². The van der Waals surface area contributed by atoms with Gasteiger partial charge in [-0.2, -0.15) is 0 Å². The molecule has 0 saturated carbocycles. The van der Waals surface area contributed by atoms with Gasteiger partial charge in [-0.15, -0.1) is 0 Å². The summed E-state index contributed by atoms with van der Waals surface area (Å²) in [5.74, 6) is 0.734. The van der Waals surface area contributed by atoms with Gasteiger partial charge in [0.2, 0.25) is 0 Å². The van der Waals surface area contributed by atoms with Crippen LogP contribution in [0.3, 0.4) is 0 Å². The lowest BCUT2D eigenvalue weighted by Gasteiger charge is -2.17. The SMILES string of the molecule is C=C(OCC)C(/C=C/CCC)OC(=O)COCc1ccc(OC)cc1.